The van der Waals surface area contributed by atoms with Crippen LogP contribution in [0.3, 0.4) is 0 Å². The van der Waals surface area contributed by atoms with Gasteiger partial charge in [0.05, 0.1) is 17.5 Å². The van der Waals surface area contributed by atoms with Crippen molar-refractivity contribution in [3.63, 3.8) is 0 Å². The molecule has 1 aromatic heterocycles. The Balaban J connectivity index is 1.32. The Bertz CT molecular complexity index is 931. The van der Waals surface area contributed by atoms with Crippen LogP contribution < -0.4 is 5.32 Å². The predicted molar refractivity (Wildman–Crippen MR) is 111 cm³/mol. The monoisotopic (exact) mass is 403 g/mol. The zero-order valence-electron chi connectivity index (χ0n) is 16.2. The number of rotatable bonds is 6. The van der Waals surface area contributed by atoms with Crippen LogP contribution in [0.25, 0.3) is 10.9 Å². The molecule has 0 saturated carbocycles. The number of benzene rings is 1. The number of nitrogens with zero attached hydrogens (tertiary/aromatic N) is 1. The van der Waals surface area contributed by atoms with Crippen LogP contribution in [0.15, 0.2) is 30.5 Å². The number of aromatic nitrogens is 1. The molecule has 1 amide bonds. The number of amides is 1. The van der Waals surface area contributed by atoms with Gasteiger partial charge in [-0.05, 0) is 50.4 Å². The zero-order chi connectivity index (χ0) is 19.6. The Hall–Kier alpha value is -1.86. The molecule has 3 heterocycles. The second-order valence-electron chi connectivity index (χ2n) is 8.13. The lowest BCUT2D eigenvalue weighted by atomic mass is 10.0. The largest absolute Gasteiger partial charge is 0.361 e. The topological polar surface area (TPSA) is 82.3 Å². The van der Waals surface area contributed by atoms with Crippen LogP contribution in [0.5, 0.6) is 0 Å². The summed E-state index contributed by atoms with van der Waals surface area (Å²) >= 11 is 0. The van der Waals surface area contributed by atoms with E-state index >= 15 is 0 Å². The van der Waals surface area contributed by atoms with E-state index in [1.54, 1.807) is 0 Å². The van der Waals surface area contributed by atoms with Crippen LogP contribution in [0.4, 0.5) is 0 Å². The normalized spacial score (nSPS) is 25.1. The highest BCUT2D eigenvalue weighted by atomic mass is 32.2. The maximum Gasteiger partial charge on any atom is 0.220 e. The summed E-state index contributed by atoms with van der Waals surface area (Å²) in [7, 11) is -3.08. The minimum absolute atomic E-state index is 0.0380. The Labute approximate surface area is 166 Å². The van der Waals surface area contributed by atoms with E-state index in [2.05, 4.69) is 21.3 Å². The highest BCUT2D eigenvalue weighted by molar-refractivity contribution is 7.91. The lowest BCUT2D eigenvalue weighted by Crippen LogP contribution is -2.52. The number of likely N-dealkylation sites (tertiary alicyclic amines) is 1. The molecule has 2 fully saturated rings. The number of hydrogen-bond donors (Lipinski definition) is 2. The van der Waals surface area contributed by atoms with Gasteiger partial charge in [-0.15, -0.1) is 0 Å². The number of carbonyl (C=O) groups is 1. The average molecular weight is 404 g/mol. The van der Waals surface area contributed by atoms with Crippen LogP contribution in [-0.4, -0.2) is 60.9 Å². The number of piperidine rings is 1. The Kier molecular flexibility index (Phi) is 5.73. The van der Waals surface area contributed by atoms with Crippen LogP contribution in [-0.2, 0) is 21.1 Å². The zero-order valence-corrected chi connectivity index (χ0v) is 17.0. The van der Waals surface area contributed by atoms with Gasteiger partial charge < -0.3 is 10.3 Å². The van der Waals surface area contributed by atoms with E-state index in [4.69, 9.17) is 0 Å². The summed E-state index contributed by atoms with van der Waals surface area (Å²) in [6.45, 7) is 1.88. The predicted octanol–water partition coefficient (Wildman–Crippen LogP) is 2.26. The fourth-order valence-electron chi connectivity index (χ4n) is 4.63. The number of para-hydroxylation sites is 1. The van der Waals surface area contributed by atoms with Crippen molar-refractivity contribution in [1.82, 2.24) is 15.2 Å². The first-order chi connectivity index (χ1) is 13.5. The number of carbonyl (C=O) groups excluding carboxylic acids is 1. The van der Waals surface area contributed by atoms with Gasteiger partial charge in [-0.3, -0.25) is 9.69 Å². The summed E-state index contributed by atoms with van der Waals surface area (Å²) in [6.07, 6.45) is 7.45. The molecule has 0 bridgehead atoms. The molecule has 6 nitrogen and oxygen atoms in total. The molecule has 2 aliphatic heterocycles. The molecule has 2 saturated heterocycles. The van der Waals surface area contributed by atoms with E-state index in [0.717, 1.165) is 44.3 Å². The average Bonchev–Trinajstić information content (AvgIpc) is 3.23. The Morgan fingerprint density at radius 1 is 1.14 bits per heavy atom. The van der Waals surface area contributed by atoms with Gasteiger partial charge in [-0.1, -0.05) is 24.6 Å². The second-order valence-corrected chi connectivity index (χ2v) is 10.3. The van der Waals surface area contributed by atoms with Crippen molar-refractivity contribution in [2.75, 3.05) is 24.6 Å². The van der Waals surface area contributed by atoms with E-state index in [9.17, 15) is 13.2 Å². The van der Waals surface area contributed by atoms with Gasteiger partial charge in [0.2, 0.25) is 5.91 Å². The third kappa shape index (κ3) is 4.41. The quantitative estimate of drug-likeness (QED) is 0.775. The van der Waals surface area contributed by atoms with Crippen molar-refractivity contribution >= 4 is 26.6 Å². The number of aryl methyl sites for hydroxylation is 1. The van der Waals surface area contributed by atoms with E-state index in [-0.39, 0.29) is 29.5 Å². The van der Waals surface area contributed by atoms with Crippen LogP contribution in [0.2, 0.25) is 0 Å². The van der Waals surface area contributed by atoms with Crippen LogP contribution in [0.1, 0.15) is 37.7 Å². The van der Waals surface area contributed by atoms with Crippen molar-refractivity contribution in [2.45, 2.75) is 50.6 Å². The van der Waals surface area contributed by atoms with Crippen molar-refractivity contribution in [2.24, 2.45) is 0 Å². The highest BCUT2D eigenvalue weighted by Gasteiger charge is 2.41. The molecular formula is C21H29N3O3S. The number of aromatic amines is 1. The first-order valence-electron chi connectivity index (χ1n) is 10.3. The number of fused-ring (bicyclic) bond motifs is 1. The molecule has 0 unspecified atom stereocenters. The lowest BCUT2D eigenvalue weighted by Gasteiger charge is -2.35. The molecule has 152 valence electrons. The van der Waals surface area contributed by atoms with Gasteiger partial charge in [0.1, 0.15) is 0 Å². The van der Waals surface area contributed by atoms with Gasteiger partial charge >= 0.3 is 0 Å². The number of hydrogen-bond acceptors (Lipinski definition) is 4. The molecule has 2 aromatic rings. The van der Waals surface area contributed by atoms with E-state index in [0.29, 0.717) is 6.42 Å². The first kappa shape index (κ1) is 19.5. The molecular weight excluding hydrogens is 374 g/mol. The molecule has 0 aliphatic carbocycles. The molecule has 7 heteroatoms. The maximum atomic E-state index is 12.5. The van der Waals surface area contributed by atoms with Gasteiger partial charge in [0.15, 0.2) is 9.84 Å². The Morgan fingerprint density at radius 2 is 1.93 bits per heavy atom. The van der Waals surface area contributed by atoms with Gasteiger partial charge in [-0.25, -0.2) is 8.42 Å². The molecule has 2 N–H and O–H groups in total. The summed E-state index contributed by atoms with van der Waals surface area (Å²) in [5.74, 6) is 0.208. The standard InChI is InChI=1S/C21H29N3O3S/c25-21(10-6-7-16-13-22-18-9-3-2-8-17(16)18)23-19-14-28(26,27)15-20(19)24-11-4-1-5-12-24/h2-3,8-9,13,19-20,22H,1,4-7,10-12,14-15H2,(H,23,25)/t19-,20-/m0/s1. The van der Waals surface area contributed by atoms with E-state index in [1.165, 1.54) is 17.4 Å². The molecule has 0 spiro atoms. The summed E-state index contributed by atoms with van der Waals surface area (Å²) in [4.78, 5) is 18.0. The smallest absolute Gasteiger partial charge is 0.220 e. The third-order valence-electron chi connectivity index (χ3n) is 6.05. The molecule has 4 rings (SSSR count). The molecule has 2 atom stereocenters. The molecule has 1 aromatic carbocycles. The minimum atomic E-state index is -3.08. The SMILES string of the molecule is O=C(CCCc1c[nH]c2ccccc12)N[C@H]1CS(=O)(=O)C[C@@H]1N1CCCCC1. The second kappa shape index (κ2) is 8.25. The summed E-state index contributed by atoms with van der Waals surface area (Å²) in [5, 5.41) is 4.24. The first-order valence-corrected chi connectivity index (χ1v) is 12.1. The third-order valence-corrected chi connectivity index (χ3v) is 7.77. The summed E-state index contributed by atoms with van der Waals surface area (Å²) in [6, 6.07) is 7.82. The molecule has 2 aliphatic rings. The number of H-pyrrole nitrogens is 1. The van der Waals surface area contributed by atoms with Gasteiger partial charge in [0.25, 0.3) is 0 Å². The van der Waals surface area contributed by atoms with Gasteiger partial charge in [0, 0.05) is 29.6 Å². The summed E-state index contributed by atoms with van der Waals surface area (Å²) < 4.78 is 24.4. The Morgan fingerprint density at radius 3 is 2.75 bits per heavy atom. The van der Waals surface area contributed by atoms with Crippen molar-refractivity contribution in [1.29, 1.82) is 0 Å². The highest BCUT2D eigenvalue weighted by Crippen LogP contribution is 2.23. The fraction of sp³-hybridized carbons (Fsp3) is 0.571. The fourth-order valence-corrected chi connectivity index (χ4v) is 6.59. The number of nitrogens with one attached hydrogen (secondary N) is 2. The van der Waals surface area contributed by atoms with Crippen LogP contribution in [0, 0.1) is 0 Å². The summed E-state index contributed by atoms with van der Waals surface area (Å²) in [5.41, 5.74) is 2.33. The maximum absolute atomic E-state index is 12.5. The van der Waals surface area contributed by atoms with E-state index < -0.39 is 9.84 Å². The lowest BCUT2D eigenvalue weighted by molar-refractivity contribution is -0.122. The molecule has 0 radical (unpaired) electrons. The molecule has 28 heavy (non-hydrogen) atoms. The number of sulfone groups is 1. The minimum Gasteiger partial charge on any atom is -0.361 e. The van der Waals surface area contributed by atoms with Gasteiger partial charge in [-0.2, -0.15) is 0 Å². The van der Waals surface area contributed by atoms with Crippen molar-refractivity contribution in [3.05, 3.63) is 36.0 Å². The van der Waals surface area contributed by atoms with Crippen LogP contribution >= 0.6 is 0 Å². The van der Waals surface area contributed by atoms with Crippen molar-refractivity contribution < 1.29 is 13.2 Å². The van der Waals surface area contributed by atoms with Crippen molar-refractivity contribution in [3.8, 4) is 0 Å². The van der Waals surface area contributed by atoms with E-state index in [1.807, 2.05) is 24.4 Å².